The zero-order valence-corrected chi connectivity index (χ0v) is 16.9. The van der Waals surface area contributed by atoms with Gasteiger partial charge >= 0.3 is 0 Å². The first-order chi connectivity index (χ1) is 13.7. The van der Waals surface area contributed by atoms with E-state index in [2.05, 4.69) is 50.9 Å². The molecule has 1 aromatic heterocycles. The highest BCUT2D eigenvalue weighted by Crippen LogP contribution is 2.23. The number of likely N-dealkylation sites (tertiary alicyclic amines) is 1. The Labute approximate surface area is 167 Å². The van der Waals surface area contributed by atoms with Crippen molar-refractivity contribution in [3.63, 3.8) is 0 Å². The Bertz CT molecular complexity index is 781. The van der Waals surface area contributed by atoms with Gasteiger partial charge in [-0.3, -0.25) is 4.79 Å². The summed E-state index contributed by atoms with van der Waals surface area (Å²) in [6, 6.07) is 10.7. The van der Waals surface area contributed by atoms with Gasteiger partial charge in [0.05, 0.1) is 12.6 Å². The molecule has 28 heavy (non-hydrogen) atoms. The van der Waals surface area contributed by atoms with Gasteiger partial charge < -0.3 is 14.4 Å². The predicted molar refractivity (Wildman–Crippen MR) is 109 cm³/mol. The molecule has 1 atom stereocenters. The first kappa shape index (κ1) is 19.1. The Hall–Kier alpha value is -2.21. The number of carbonyl (C=O) groups excluding carboxylic acids is 1. The van der Waals surface area contributed by atoms with Crippen molar-refractivity contribution >= 4 is 5.91 Å². The molecule has 1 saturated heterocycles. The Morgan fingerprint density at radius 3 is 2.68 bits per heavy atom. The highest BCUT2D eigenvalue weighted by molar-refractivity contribution is 5.76. The Kier molecular flexibility index (Phi) is 6.05. The van der Waals surface area contributed by atoms with E-state index in [9.17, 15) is 4.79 Å². The largest absolute Gasteiger partial charge is 0.333 e. The second-order valence-corrected chi connectivity index (χ2v) is 8.16. The third kappa shape index (κ3) is 4.43. The normalized spacial score (nSPS) is 19.8. The van der Waals surface area contributed by atoms with Gasteiger partial charge in [-0.25, -0.2) is 0 Å². The van der Waals surface area contributed by atoms with E-state index in [1.807, 2.05) is 11.0 Å². The molecule has 0 N–H and O–H groups in total. The second-order valence-electron chi connectivity index (χ2n) is 8.16. The summed E-state index contributed by atoms with van der Waals surface area (Å²) < 4.78 is 2.25. The number of hydrogen-bond acceptors (Lipinski definition) is 4. The number of fused-ring (bicyclic) bond motifs is 1. The van der Waals surface area contributed by atoms with Crippen molar-refractivity contribution in [3.8, 4) is 0 Å². The van der Waals surface area contributed by atoms with E-state index in [0.717, 1.165) is 44.0 Å². The van der Waals surface area contributed by atoms with Gasteiger partial charge in [-0.15, -0.1) is 10.2 Å². The number of carbonyl (C=O) groups is 1. The fourth-order valence-electron chi connectivity index (χ4n) is 4.49. The zero-order chi connectivity index (χ0) is 19.3. The smallest absolute Gasteiger partial charge is 0.223 e. The molecule has 0 radical (unpaired) electrons. The lowest BCUT2D eigenvalue weighted by molar-refractivity contribution is -0.133. The first-order valence-corrected chi connectivity index (χ1v) is 10.7. The van der Waals surface area contributed by atoms with E-state index in [1.165, 1.54) is 31.5 Å². The van der Waals surface area contributed by atoms with Crippen molar-refractivity contribution in [3.05, 3.63) is 47.5 Å². The molecular formula is C22H31N5O. The van der Waals surface area contributed by atoms with Crippen molar-refractivity contribution in [2.75, 3.05) is 26.2 Å². The zero-order valence-electron chi connectivity index (χ0n) is 16.9. The molecule has 0 unspecified atom stereocenters. The van der Waals surface area contributed by atoms with E-state index in [-0.39, 0.29) is 11.9 Å². The molecular weight excluding hydrogens is 350 g/mol. The molecule has 2 aliphatic rings. The van der Waals surface area contributed by atoms with Gasteiger partial charge in [0.15, 0.2) is 5.82 Å². The fourth-order valence-corrected chi connectivity index (χ4v) is 4.49. The van der Waals surface area contributed by atoms with E-state index < -0.39 is 0 Å². The number of amides is 1. The van der Waals surface area contributed by atoms with Gasteiger partial charge in [-0.2, -0.15) is 0 Å². The third-order valence-electron chi connectivity index (χ3n) is 5.99. The summed E-state index contributed by atoms with van der Waals surface area (Å²) >= 11 is 0. The maximum Gasteiger partial charge on any atom is 0.223 e. The molecule has 1 fully saturated rings. The highest BCUT2D eigenvalue weighted by atomic mass is 16.2. The average molecular weight is 382 g/mol. The van der Waals surface area contributed by atoms with Crippen LogP contribution < -0.4 is 0 Å². The minimum Gasteiger partial charge on any atom is -0.333 e. The van der Waals surface area contributed by atoms with Gasteiger partial charge in [-0.05, 0) is 57.8 Å². The summed E-state index contributed by atoms with van der Waals surface area (Å²) in [5.41, 5.74) is 1.32. The number of nitrogens with zero attached hydrogens (tertiary/aromatic N) is 5. The van der Waals surface area contributed by atoms with Gasteiger partial charge in [0.1, 0.15) is 5.82 Å². The minimum atomic E-state index is 0.229. The molecule has 0 spiro atoms. The minimum absolute atomic E-state index is 0.229. The van der Waals surface area contributed by atoms with E-state index in [0.29, 0.717) is 13.0 Å². The maximum atomic E-state index is 12.7. The van der Waals surface area contributed by atoms with E-state index >= 15 is 0 Å². The Morgan fingerprint density at radius 2 is 1.89 bits per heavy atom. The van der Waals surface area contributed by atoms with E-state index in [4.69, 9.17) is 0 Å². The SMILES string of the molecule is C[C@H]1CN(C(=O)CCCN2CCCC2)Cc2nnc(CCc3ccccc3)n21. The van der Waals surface area contributed by atoms with Gasteiger partial charge in [0.2, 0.25) is 5.91 Å². The quantitative estimate of drug-likeness (QED) is 0.740. The Balaban J connectivity index is 1.32. The number of benzene rings is 1. The number of hydrogen-bond donors (Lipinski definition) is 0. The molecule has 0 bridgehead atoms. The predicted octanol–water partition coefficient (Wildman–Crippen LogP) is 2.84. The van der Waals surface area contributed by atoms with Crippen LogP contribution in [0, 0.1) is 0 Å². The van der Waals surface area contributed by atoms with Crippen LogP contribution in [0.3, 0.4) is 0 Å². The molecule has 3 heterocycles. The first-order valence-electron chi connectivity index (χ1n) is 10.7. The molecule has 2 aliphatic heterocycles. The van der Waals surface area contributed by atoms with Crippen molar-refractivity contribution in [1.82, 2.24) is 24.6 Å². The average Bonchev–Trinajstić information content (AvgIpc) is 3.37. The number of rotatable bonds is 7. The van der Waals surface area contributed by atoms with E-state index in [1.54, 1.807) is 0 Å². The van der Waals surface area contributed by atoms with Crippen LogP contribution in [0.25, 0.3) is 0 Å². The highest BCUT2D eigenvalue weighted by Gasteiger charge is 2.28. The summed E-state index contributed by atoms with van der Waals surface area (Å²) in [6.45, 7) is 6.96. The van der Waals surface area contributed by atoms with Crippen molar-refractivity contribution in [2.24, 2.45) is 0 Å². The summed E-state index contributed by atoms with van der Waals surface area (Å²) in [5, 5.41) is 8.85. The molecule has 2 aromatic rings. The summed E-state index contributed by atoms with van der Waals surface area (Å²) in [4.78, 5) is 17.1. The van der Waals surface area contributed by atoms with Crippen LogP contribution in [-0.2, 0) is 24.2 Å². The number of aromatic nitrogens is 3. The molecule has 1 aromatic carbocycles. The molecule has 1 amide bonds. The van der Waals surface area contributed by atoms with Gasteiger partial charge in [0.25, 0.3) is 0 Å². The van der Waals surface area contributed by atoms with Gasteiger partial charge in [0, 0.05) is 19.4 Å². The topological polar surface area (TPSA) is 54.3 Å². The summed E-state index contributed by atoms with van der Waals surface area (Å²) in [5.74, 6) is 2.22. The van der Waals surface area contributed by atoms with Crippen LogP contribution in [-0.4, -0.2) is 56.7 Å². The molecule has 150 valence electrons. The lowest BCUT2D eigenvalue weighted by Crippen LogP contribution is -2.41. The molecule has 6 heteroatoms. The van der Waals surface area contributed by atoms with Crippen LogP contribution in [0.15, 0.2) is 30.3 Å². The lowest BCUT2D eigenvalue weighted by atomic mass is 10.1. The fraction of sp³-hybridized carbons (Fsp3) is 0.591. The van der Waals surface area contributed by atoms with Crippen molar-refractivity contribution < 1.29 is 4.79 Å². The van der Waals surface area contributed by atoms with Crippen LogP contribution in [0.2, 0.25) is 0 Å². The van der Waals surface area contributed by atoms with Crippen LogP contribution in [0.4, 0.5) is 0 Å². The van der Waals surface area contributed by atoms with Crippen LogP contribution in [0.1, 0.15) is 55.9 Å². The summed E-state index contributed by atoms with van der Waals surface area (Å²) in [6.07, 6.45) is 6.05. The monoisotopic (exact) mass is 381 g/mol. The third-order valence-corrected chi connectivity index (χ3v) is 5.99. The molecule has 6 nitrogen and oxygen atoms in total. The lowest BCUT2D eigenvalue weighted by Gasteiger charge is -2.33. The molecule has 0 saturated carbocycles. The second kappa shape index (κ2) is 8.86. The molecule has 0 aliphatic carbocycles. The van der Waals surface area contributed by atoms with Crippen LogP contribution >= 0.6 is 0 Å². The Morgan fingerprint density at radius 1 is 1.11 bits per heavy atom. The van der Waals surface area contributed by atoms with Crippen LogP contribution in [0.5, 0.6) is 0 Å². The molecule has 4 rings (SSSR count). The maximum absolute atomic E-state index is 12.7. The number of aryl methyl sites for hydroxylation is 2. The van der Waals surface area contributed by atoms with Crippen molar-refractivity contribution in [2.45, 2.75) is 58.0 Å². The standard InChI is InChI=1S/C22H31N5O/c1-18-16-26(22(28)10-7-15-25-13-5-6-14-25)17-21-24-23-20(27(18)21)12-11-19-8-3-2-4-9-19/h2-4,8-9,18H,5-7,10-17H2,1H3/t18-/m0/s1. The van der Waals surface area contributed by atoms with Gasteiger partial charge in [-0.1, -0.05) is 30.3 Å². The van der Waals surface area contributed by atoms with Crippen molar-refractivity contribution in [1.29, 1.82) is 0 Å². The summed E-state index contributed by atoms with van der Waals surface area (Å²) in [7, 11) is 0.